The number of para-hydroxylation sites is 1. The fourth-order valence-electron chi connectivity index (χ4n) is 3.15. The Bertz CT molecular complexity index is 1090. The van der Waals surface area contributed by atoms with Crippen LogP contribution in [-0.2, 0) is 6.54 Å². The first kappa shape index (κ1) is 16.3. The summed E-state index contributed by atoms with van der Waals surface area (Å²) < 4.78 is 30.1. The molecular weight excluding hydrogens is 333 g/mol. The van der Waals surface area contributed by atoms with Gasteiger partial charge in [0.1, 0.15) is 17.0 Å². The number of rotatable bonds is 5. The van der Waals surface area contributed by atoms with Crippen molar-refractivity contribution < 1.29 is 18.3 Å². The highest BCUT2D eigenvalue weighted by Crippen LogP contribution is 2.33. The number of anilines is 1. The van der Waals surface area contributed by atoms with E-state index in [-0.39, 0.29) is 5.82 Å². The molecule has 3 aromatic carbocycles. The molecule has 26 heavy (non-hydrogen) atoms. The van der Waals surface area contributed by atoms with E-state index >= 15 is 0 Å². The third-order valence-electron chi connectivity index (χ3n) is 4.40. The maximum Gasteiger partial charge on any atom is 0.165 e. The zero-order valence-corrected chi connectivity index (χ0v) is 14.5. The molecule has 0 unspecified atom stereocenters. The van der Waals surface area contributed by atoms with E-state index < -0.39 is 0 Å². The first-order chi connectivity index (χ1) is 12.7. The van der Waals surface area contributed by atoms with Crippen LogP contribution in [0.2, 0.25) is 0 Å². The molecule has 4 rings (SSSR count). The molecule has 1 N–H and O–H groups in total. The summed E-state index contributed by atoms with van der Waals surface area (Å²) in [5.74, 6) is 1.12. The van der Waals surface area contributed by atoms with Crippen molar-refractivity contribution in [2.24, 2.45) is 0 Å². The van der Waals surface area contributed by atoms with Crippen molar-refractivity contribution in [3.63, 3.8) is 0 Å². The second kappa shape index (κ2) is 6.59. The van der Waals surface area contributed by atoms with E-state index in [1.54, 1.807) is 20.3 Å². The Labute approximate surface area is 150 Å². The number of benzene rings is 3. The Hall–Kier alpha value is -3.21. The Morgan fingerprint density at radius 1 is 0.923 bits per heavy atom. The first-order valence-corrected chi connectivity index (χ1v) is 8.25. The Morgan fingerprint density at radius 2 is 1.69 bits per heavy atom. The molecule has 5 heteroatoms. The lowest BCUT2D eigenvalue weighted by atomic mass is 10.1. The van der Waals surface area contributed by atoms with Crippen molar-refractivity contribution in [3.05, 3.63) is 66.0 Å². The molecule has 0 aliphatic rings. The Morgan fingerprint density at radius 3 is 2.46 bits per heavy atom. The Kier molecular flexibility index (Phi) is 4.13. The van der Waals surface area contributed by atoms with E-state index in [4.69, 9.17) is 13.9 Å². The highest BCUT2D eigenvalue weighted by Gasteiger charge is 2.11. The number of furan rings is 1. The van der Waals surface area contributed by atoms with E-state index in [1.165, 1.54) is 12.1 Å². The van der Waals surface area contributed by atoms with Crippen LogP contribution < -0.4 is 14.8 Å². The highest BCUT2D eigenvalue weighted by molar-refractivity contribution is 6.05. The maximum absolute atomic E-state index is 13.6. The van der Waals surface area contributed by atoms with Crippen molar-refractivity contribution in [1.82, 2.24) is 0 Å². The fraction of sp³-hybridized carbons (Fsp3) is 0.143. The topological polar surface area (TPSA) is 43.6 Å². The van der Waals surface area contributed by atoms with Crippen LogP contribution in [0.4, 0.5) is 10.1 Å². The SMILES string of the molecule is COc1cccc(CNc2ccc3oc4ccc(F)cc4c3c2)c1OC. The van der Waals surface area contributed by atoms with Gasteiger partial charge in [-0.05, 0) is 42.5 Å². The van der Waals surface area contributed by atoms with Gasteiger partial charge in [0.05, 0.1) is 14.2 Å². The molecule has 0 saturated heterocycles. The van der Waals surface area contributed by atoms with E-state index in [9.17, 15) is 4.39 Å². The van der Waals surface area contributed by atoms with Crippen LogP contribution in [0.1, 0.15) is 5.56 Å². The summed E-state index contributed by atoms with van der Waals surface area (Å²) in [4.78, 5) is 0. The summed E-state index contributed by atoms with van der Waals surface area (Å²) in [6.07, 6.45) is 0. The zero-order chi connectivity index (χ0) is 18.1. The van der Waals surface area contributed by atoms with E-state index in [1.807, 2.05) is 36.4 Å². The molecule has 132 valence electrons. The summed E-state index contributed by atoms with van der Waals surface area (Å²) in [5.41, 5.74) is 3.30. The predicted molar refractivity (Wildman–Crippen MR) is 101 cm³/mol. The molecule has 4 nitrogen and oxygen atoms in total. The summed E-state index contributed by atoms with van der Waals surface area (Å²) in [6.45, 7) is 0.566. The largest absolute Gasteiger partial charge is 0.493 e. The fourth-order valence-corrected chi connectivity index (χ4v) is 3.15. The van der Waals surface area contributed by atoms with Gasteiger partial charge >= 0.3 is 0 Å². The van der Waals surface area contributed by atoms with Crippen molar-refractivity contribution in [2.75, 3.05) is 19.5 Å². The van der Waals surface area contributed by atoms with Gasteiger partial charge in [0.15, 0.2) is 11.5 Å². The van der Waals surface area contributed by atoms with Crippen LogP contribution >= 0.6 is 0 Å². The molecule has 0 bridgehead atoms. The average molecular weight is 351 g/mol. The molecule has 0 atom stereocenters. The van der Waals surface area contributed by atoms with E-state index in [0.29, 0.717) is 23.6 Å². The summed E-state index contributed by atoms with van der Waals surface area (Å²) in [5, 5.41) is 5.02. The molecule has 0 spiro atoms. The van der Waals surface area contributed by atoms with Crippen molar-refractivity contribution in [3.8, 4) is 11.5 Å². The minimum absolute atomic E-state index is 0.278. The molecular formula is C21H18FNO3. The van der Waals surface area contributed by atoms with Crippen LogP contribution in [-0.4, -0.2) is 14.2 Å². The van der Waals surface area contributed by atoms with E-state index in [0.717, 1.165) is 27.6 Å². The zero-order valence-electron chi connectivity index (χ0n) is 14.5. The van der Waals surface area contributed by atoms with Crippen LogP contribution in [0, 0.1) is 5.82 Å². The van der Waals surface area contributed by atoms with Gasteiger partial charge in [-0.15, -0.1) is 0 Å². The Balaban J connectivity index is 1.66. The molecule has 0 aliphatic carbocycles. The van der Waals surface area contributed by atoms with Crippen LogP contribution in [0.3, 0.4) is 0 Å². The van der Waals surface area contributed by atoms with Crippen molar-refractivity contribution >= 4 is 27.6 Å². The molecule has 0 fully saturated rings. The molecule has 0 saturated carbocycles. The second-order valence-corrected chi connectivity index (χ2v) is 5.96. The van der Waals surface area contributed by atoms with Gasteiger partial charge < -0.3 is 19.2 Å². The molecule has 0 aliphatic heterocycles. The predicted octanol–water partition coefficient (Wildman–Crippen LogP) is 5.35. The van der Waals surface area contributed by atoms with Crippen molar-refractivity contribution in [1.29, 1.82) is 0 Å². The van der Waals surface area contributed by atoms with Gasteiger partial charge in [-0.25, -0.2) is 4.39 Å². The molecule has 0 amide bonds. The normalized spacial score (nSPS) is 11.0. The minimum atomic E-state index is -0.278. The number of halogens is 1. The third kappa shape index (κ3) is 2.81. The van der Waals surface area contributed by atoms with Gasteiger partial charge in [-0.2, -0.15) is 0 Å². The van der Waals surface area contributed by atoms with Gasteiger partial charge in [0, 0.05) is 28.6 Å². The van der Waals surface area contributed by atoms with Crippen LogP contribution in [0.5, 0.6) is 11.5 Å². The smallest absolute Gasteiger partial charge is 0.165 e. The number of hydrogen-bond acceptors (Lipinski definition) is 4. The lowest BCUT2D eigenvalue weighted by molar-refractivity contribution is 0.352. The minimum Gasteiger partial charge on any atom is -0.493 e. The number of nitrogens with one attached hydrogen (secondary N) is 1. The third-order valence-corrected chi connectivity index (χ3v) is 4.40. The molecule has 1 aromatic heterocycles. The number of fused-ring (bicyclic) bond motifs is 3. The monoisotopic (exact) mass is 351 g/mol. The van der Waals surface area contributed by atoms with Gasteiger partial charge in [0.25, 0.3) is 0 Å². The van der Waals surface area contributed by atoms with Crippen molar-refractivity contribution in [2.45, 2.75) is 6.54 Å². The maximum atomic E-state index is 13.6. The summed E-state index contributed by atoms with van der Waals surface area (Å²) in [7, 11) is 3.24. The van der Waals surface area contributed by atoms with Gasteiger partial charge in [-0.3, -0.25) is 0 Å². The number of ether oxygens (including phenoxy) is 2. The van der Waals surface area contributed by atoms with Crippen LogP contribution in [0.25, 0.3) is 21.9 Å². The summed E-state index contributed by atoms with van der Waals surface area (Å²) in [6, 6.07) is 16.1. The lowest BCUT2D eigenvalue weighted by Crippen LogP contribution is -2.02. The molecule has 1 heterocycles. The quantitative estimate of drug-likeness (QED) is 0.526. The number of methoxy groups -OCH3 is 2. The highest BCUT2D eigenvalue weighted by atomic mass is 19.1. The lowest BCUT2D eigenvalue weighted by Gasteiger charge is -2.13. The van der Waals surface area contributed by atoms with Gasteiger partial charge in [0.2, 0.25) is 0 Å². The standard InChI is InChI=1S/C21H18FNO3/c1-24-20-5-3-4-13(21(20)25-2)12-23-15-7-9-19-17(11-15)16-10-14(22)6-8-18(16)26-19/h3-11,23H,12H2,1-2H3. The average Bonchev–Trinajstić information content (AvgIpc) is 3.03. The van der Waals surface area contributed by atoms with Crippen LogP contribution in [0.15, 0.2) is 59.0 Å². The van der Waals surface area contributed by atoms with Gasteiger partial charge in [-0.1, -0.05) is 12.1 Å². The number of hydrogen-bond donors (Lipinski definition) is 1. The summed E-state index contributed by atoms with van der Waals surface area (Å²) >= 11 is 0. The van der Waals surface area contributed by atoms with E-state index in [2.05, 4.69) is 5.32 Å². The molecule has 0 radical (unpaired) electrons. The second-order valence-electron chi connectivity index (χ2n) is 5.96. The first-order valence-electron chi connectivity index (χ1n) is 8.25. The molecule has 4 aromatic rings.